The van der Waals surface area contributed by atoms with Crippen LogP contribution in [0.25, 0.3) is 0 Å². The van der Waals surface area contributed by atoms with Crippen LogP contribution in [0, 0.1) is 0 Å². The summed E-state index contributed by atoms with van der Waals surface area (Å²) in [5.74, 6) is 0. The monoisotopic (exact) mass is 203 g/mol. The van der Waals surface area contributed by atoms with E-state index in [4.69, 9.17) is 19.2 Å². The third-order valence-corrected chi connectivity index (χ3v) is 2.12. The minimum Gasteiger partial charge on any atom is -0.303 e. The summed E-state index contributed by atoms with van der Waals surface area (Å²) in [5, 5.41) is 0. The summed E-state index contributed by atoms with van der Waals surface area (Å²) >= 11 is 0. The van der Waals surface area contributed by atoms with Crippen LogP contribution in [-0.4, -0.2) is 27.0 Å². The molecule has 0 amide bonds. The van der Waals surface area contributed by atoms with Crippen molar-refractivity contribution >= 4 is 15.6 Å². The first-order valence-electron chi connectivity index (χ1n) is 3.01. The van der Waals surface area contributed by atoms with Crippen molar-refractivity contribution in [2.75, 3.05) is 12.3 Å². The zero-order chi connectivity index (χ0) is 9.49. The van der Waals surface area contributed by atoms with Crippen LogP contribution in [0.4, 0.5) is 0 Å². The standard InChI is InChI=1S/C4H10OP.H3O4P/c1-3-6(5)4-2;1-5(2,3)4/h3-4H2,1-2H3;(H3,1,2,3,4)/q+1;. The lowest BCUT2D eigenvalue weighted by atomic mass is 11.0. The maximum absolute atomic E-state index is 10.3. The molecular weight excluding hydrogens is 190 g/mol. The predicted molar refractivity (Wildman–Crippen MR) is 43.0 cm³/mol. The zero-order valence-electron chi connectivity index (χ0n) is 6.47. The van der Waals surface area contributed by atoms with Crippen LogP contribution in [0.2, 0.25) is 0 Å². The molecule has 0 aromatic heterocycles. The SMILES string of the molecule is CC[P+](=O)CC.O=P(O)(O)O. The molecule has 0 heterocycles. The lowest BCUT2D eigenvalue weighted by Crippen LogP contribution is -1.66. The molecule has 0 saturated heterocycles. The Morgan fingerprint density at radius 1 is 1.18 bits per heavy atom. The summed E-state index contributed by atoms with van der Waals surface area (Å²) in [6, 6.07) is 0. The second-order valence-electron chi connectivity index (χ2n) is 1.63. The van der Waals surface area contributed by atoms with E-state index in [-0.39, 0.29) is 0 Å². The second-order valence-corrected chi connectivity index (χ2v) is 4.88. The first kappa shape index (κ1) is 13.8. The van der Waals surface area contributed by atoms with Crippen LogP contribution in [0.3, 0.4) is 0 Å². The van der Waals surface area contributed by atoms with Gasteiger partial charge in [-0.1, -0.05) is 4.57 Å². The molecule has 0 rings (SSSR count). The highest BCUT2D eigenvalue weighted by Crippen LogP contribution is 2.25. The van der Waals surface area contributed by atoms with Crippen molar-refractivity contribution in [2.45, 2.75) is 13.8 Å². The quantitative estimate of drug-likeness (QED) is 0.580. The van der Waals surface area contributed by atoms with E-state index in [1.165, 1.54) is 0 Å². The molecule has 0 aromatic carbocycles. The van der Waals surface area contributed by atoms with Crippen LogP contribution in [0.5, 0.6) is 0 Å². The fraction of sp³-hybridized carbons (Fsp3) is 1.00. The van der Waals surface area contributed by atoms with Crippen molar-refractivity contribution in [3.63, 3.8) is 0 Å². The van der Waals surface area contributed by atoms with Crippen LogP contribution >= 0.6 is 15.6 Å². The average Bonchev–Trinajstić information content (AvgIpc) is 1.83. The van der Waals surface area contributed by atoms with Gasteiger partial charge < -0.3 is 14.7 Å². The van der Waals surface area contributed by atoms with Gasteiger partial charge in [-0.05, 0) is 13.8 Å². The summed E-state index contributed by atoms with van der Waals surface area (Å²) in [5.41, 5.74) is 0. The van der Waals surface area contributed by atoms with Gasteiger partial charge in [0.05, 0.1) is 0 Å². The van der Waals surface area contributed by atoms with Crippen molar-refractivity contribution in [3.05, 3.63) is 0 Å². The molecular formula is C4H13O5P2+. The fourth-order valence-electron chi connectivity index (χ4n) is 0.224. The van der Waals surface area contributed by atoms with Gasteiger partial charge in [-0.3, -0.25) is 0 Å². The number of phosphoric acid groups is 1. The zero-order valence-corrected chi connectivity index (χ0v) is 8.26. The molecule has 11 heavy (non-hydrogen) atoms. The molecule has 0 aliphatic carbocycles. The highest BCUT2D eigenvalue weighted by atomic mass is 31.2. The smallest absolute Gasteiger partial charge is 0.303 e. The Bertz CT molecular complexity index is 136. The van der Waals surface area contributed by atoms with Crippen molar-refractivity contribution in [3.8, 4) is 0 Å². The van der Waals surface area contributed by atoms with Gasteiger partial charge in [0.2, 0.25) is 0 Å². The van der Waals surface area contributed by atoms with Gasteiger partial charge >= 0.3 is 15.6 Å². The van der Waals surface area contributed by atoms with Crippen molar-refractivity contribution < 1.29 is 23.8 Å². The number of hydrogen-bond donors (Lipinski definition) is 3. The van der Waals surface area contributed by atoms with Crippen molar-refractivity contribution in [2.24, 2.45) is 0 Å². The molecule has 3 N–H and O–H groups in total. The van der Waals surface area contributed by atoms with Crippen LogP contribution < -0.4 is 0 Å². The minimum atomic E-state index is -4.64. The molecule has 0 aliphatic heterocycles. The Hall–Kier alpha value is 0.210. The molecule has 0 fully saturated rings. The summed E-state index contributed by atoms with van der Waals surface area (Å²) < 4.78 is 19.2. The molecule has 0 unspecified atom stereocenters. The predicted octanol–water partition coefficient (Wildman–Crippen LogP) is 0.925. The van der Waals surface area contributed by atoms with E-state index in [0.29, 0.717) is 0 Å². The van der Waals surface area contributed by atoms with Gasteiger partial charge in [-0.15, -0.1) is 0 Å². The Kier molecular flexibility index (Phi) is 8.63. The average molecular weight is 203 g/mol. The molecule has 0 aromatic rings. The van der Waals surface area contributed by atoms with Crippen molar-refractivity contribution in [1.82, 2.24) is 0 Å². The van der Waals surface area contributed by atoms with Gasteiger partial charge in [0.15, 0.2) is 0 Å². The van der Waals surface area contributed by atoms with E-state index in [0.717, 1.165) is 12.3 Å². The maximum Gasteiger partial charge on any atom is 0.466 e. The number of rotatable bonds is 2. The first-order valence-corrected chi connectivity index (χ1v) is 6.21. The molecule has 0 aliphatic rings. The van der Waals surface area contributed by atoms with E-state index < -0.39 is 15.6 Å². The van der Waals surface area contributed by atoms with Gasteiger partial charge in [0.25, 0.3) is 0 Å². The summed E-state index contributed by atoms with van der Waals surface area (Å²) in [7, 11) is -5.47. The molecule has 0 spiro atoms. The molecule has 0 radical (unpaired) electrons. The highest BCUT2D eigenvalue weighted by Gasteiger charge is 2.02. The summed E-state index contributed by atoms with van der Waals surface area (Å²) in [6.07, 6.45) is 1.68. The lowest BCUT2D eigenvalue weighted by Gasteiger charge is -1.82. The van der Waals surface area contributed by atoms with Crippen LogP contribution in [0.15, 0.2) is 0 Å². The Morgan fingerprint density at radius 3 is 1.36 bits per heavy atom. The van der Waals surface area contributed by atoms with E-state index in [2.05, 4.69) is 0 Å². The Balaban J connectivity index is 0. The molecule has 5 nitrogen and oxygen atoms in total. The number of hydrogen-bond acceptors (Lipinski definition) is 2. The van der Waals surface area contributed by atoms with Crippen LogP contribution in [-0.2, 0) is 9.13 Å². The first-order chi connectivity index (χ1) is 4.81. The van der Waals surface area contributed by atoms with E-state index in [1.54, 1.807) is 0 Å². The summed E-state index contributed by atoms with van der Waals surface area (Å²) in [6.45, 7) is 3.89. The van der Waals surface area contributed by atoms with Gasteiger partial charge in [-0.25, -0.2) is 4.57 Å². The molecule has 0 atom stereocenters. The van der Waals surface area contributed by atoms with Gasteiger partial charge in [0.1, 0.15) is 12.3 Å². The van der Waals surface area contributed by atoms with E-state index in [9.17, 15) is 4.57 Å². The molecule has 0 saturated carbocycles. The summed E-state index contributed by atoms with van der Waals surface area (Å²) in [4.78, 5) is 21.6. The van der Waals surface area contributed by atoms with E-state index in [1.807, 2.05) is 13.8 Å². The van der Waals surface area contributed by atoms with Crippen LogP contribution in [0.1, 0.15) is 13.8 Å². The Morgan fingerprint density at radius 2 is 1.36 bits per heavy atom. The minimum absolute atomic E-state index is 0.826. The maximum atomic E-state index is 10.3. The third-order valence-electron chi connectivity index (χ3n) is 0.705. The highest BCUT2D eigenvalue weighted by molar-refractivity contribution is 7.45. The second kappa shape index (κ2) is 6.89. The largest absolute Gasteiger partial charge is 0.466 e. The molecule has 7 heteroatoms. The molecule has 68 valence electrons. The molecule has 0 bridgehead atoms. The normalized spacial score (nSPS) is 9.91. The lowest BCUT2D eigenvalue weighted by molar-refractivity contribution is 0.275. The fourth-order valence-corrected chi connectivity index (χ4v) is 0.671. The van der Waals surface area contributed by atoms with E-state index >= 15 is 0 Å². The van der Waals surface area contributed by atoms with Gasteiger partial charge in [-0.2, -0.15) is 0 Å². The topological polar surface area (TPSA) is 94.8 Å². The van der Waals surface area contributed by atoms with Crippen molar-refractivity contribution in [1.29, 1.82) is 0 Å². The third kappa shape index (κ3) is 38.8. The Labute approximate surface area is 66.5 Å². The van der Waals surface area contributed by atoms with Gasteiger partial charge in [0, 0.05) is 0 Å².